The number of para-hydroxylation sites is 1. The minimum atomic E-state index is -0.453. The van der Waals surface area contributed by atoms with E-state index < -0.39 is 5.97 Å². The first kappa shape index (κ1) is 16.5. The van der Waals surface area contributed by atoms with Crippen LogP contribution in [-0.2, 0) is 9.53 Å². The predicted octanol–water partition coefficient (Wildman–Crippen LogP) is 3.19. The normalized spacial score (nSPS) is 10.0. The van der Waals surface area contributed by atoms with E-state index in [1.54, 1.807) is 24.3 Å². The lowest BCUT2D eigenvalue weighted by Crippen LogP contribution is -2.13. The topological polar surface area (TPSA) is 64.6 Å². The maximum atomic E-state index is 12.0. The van der Waals surface area contributed by atoms with Crippen LogP contribution >= 0.6 is 0 Å². The van der Waals surface area contributed by atoms with Crippen molar-refractivity contribution >= 4 is 17.6 Å². The minimum absolute atomic E-state index is 0.150. The molecule has 1 N–H and O–H groups in total. The third kappa shape index (κ3) is 5.14. The molecule has 2 aromatic carbocycles. The van der Waals surface area contributed by atoms with Crippen molar-refractivity contribution in [3.05, 3.63) is 59.7 Å². The van der Waals surface area contributed by atoms with Crippen LogP contribution in [0.4, 0.5) is 5.69 Å². The first-order valence-electron chi connectivity index (χ1n) is 7.29. The Morgan fingerprint density at radius 3 is 2.57 bits per heavy atom. The summed E-state index contributed by atoms with van der Waals surface area (Å²) in [5, 5.41) is 2.62. The zero-order valence-electron chi connectivity index (χ0n) is 13.2. The molecule has 0 aliphatic rings. The second-order valence-corrected chi connectivity index (χ2v) is 5.01. The van der Waals surface area contributed by atoms with E-state index >= 15 is 0 Å². The Kier molecular flexibility index (Phi) is 5.74. The summed E-state index contributed by atoms with van der Waals surface area (Å²) in [6.45, 7) is 3.79. The molecule has 1 amide bonds. The summed E-state index contributed by atoms with van der Waals surface area (Å²) >= 11 is 0. The van der Waals surface area contributed by atoms with Crippen LogP contribution in [0.3, 0.4) is 0 Å². The number of ether oxygens (including phenoxy) is 2. The van der Waals surface area contributed by atoms with Crippen LogP contribution in [0.2, 0.25) is 0 Å². The highest BCUT2D eigenvalue weighted by molar-refractivity contribution is 5.93. The third-order valence-electron chi connectivity index (χ3n) is 3.09. The molecule has 5 nitrogen and oxygen atoms in total. The van der Waals surface area contributed by atoms with Crippen LogP contribution in [0, 0.1) is 6.92 Å². The number of rotatable bonds is 6. The van der Waals surface area contributed by atoms with Gasteiger partial charge in [0.1, 0.15) is 19.0 Å². The molecule has 0 unspecified atom stereocenters. The highest BCUT2D eigenvalue weighted by atomic mass is 16.6. The van der Waals surface area contributed by atoms with Gasteiger partial charge in [-0.3, -0.25) is 4.79 Å². The van der Waals surface area contributed by atoms with Crippen molar-refractivity contribution in [3.63, 3.8) is 0 Å². The van der Waals surface area contributed by atoms with E-state index in [9.17, 15) is 9.59 Å². The van der Waals surface area contributed by atoms with Crippen molar-refractivity contribution in [2.24, 2.45) is 0 Å². The van der Waals surface area contributed by atoms with Gasteiger partial charge in [0.25, 0.3) is 0 Å². The molecule has 0 spiro atoms. The molecule has 0 saturated carbocycles. The summed E-state index contributed by atoms with van der Waals surface area (Å²) in [5.74, 6) is 0.129. The van der Waals surface area contributed by atoms with E-state index in [-0.39, 0.29) is 19.1 Å². The highest BCUT2D eigenvalue weighted by Crippen LogP contribution is 2.16. The fraction of sp³-hybridized carbons (Fsp3) is 0.222. The van der Waals surface area contributed by atoms with Gasteiger partial charge >= 0.3 is 5.97 Å². The Morgan fingerprint density at radius 1 is 1.04 bits per heavy atom. The zero-order valence-corrected chi connectivity index (χ0v) is 13.2. The maximum Gasteiger partial charge on any atom is 0.338 e. The Labute approximate surface area is 135 Å². The summed E-state index contributed by atoms with van der Waals surface area (Å²) in [5.41, 5.74) is 1.97. The van der Waals surface area contributed by atoms with Gasteiger partial charge in [0.2, 0.25) is 5.91 Å². The highest BCUT2D eigenvalue weighted by Gasteiger charge is 2.08. The number of hydrogen-bond acceptors (Lipinski definition) is 4. The monoisotopic (exact) mass is 313 g/mol. The summed E-state index contributed by atoms with van der Waals surface area (Å²) < 4.78 is 10.7. The molecule has 0 fully saturated rings. The van der Waals surface area contributed by atoms with Crippen molar-refractivity contribution in [1.29, 1.82) is 0 Å². The molecule has 23 heavy (non-hydrogen) atoms. The largest absolute Gasteiger partial charge is 0.490 e. The molecule has 0 bridgehead atoms. The van der Waals surface area contributed by atoms with E-state index in [4.69, 9.17) is 9.47 Å². The van der Waals surface area contributed by atoms with Gasteiger partial charge in [-0.25, -0.2) is 4.79 Å². The van der Waals surface area contributed by atoms with Crippen molar-refractivity contribution in [3.8, 4) is 5.75 Å². The molecule has 0 radical (unpaired) electrons. The van der Waals surface area contributed by atoms with Gasteiger partial charge in [0.05, 0.1) is 5.56 Å². The Balaban J connectivity index is 1.83. The fourth-order valence-corrected chi connectivity index (χ4v) is 2.01. The molecule has 0 aliphatic carbocycles. The zero-order chi connectivity index (χ0) is 16.7. The first-order chi connectivity index (χ1) is 11.1. The van der Waals surface area contributed by atoms with Crippen LogP contribution in [0.5, 0.6) is 5.75 Å². The van der Waals surface area contributed by atoms with Crippen LogP contribution in [0.1, 0.15) is 22.8 Å². The van der Waals surface area contributed by atoms with E-state index in [1.807, 2.05) is 31.2 Å². The van der Waals surface area contributed by atoms with E-state index in [1.165, 1.54) is 6.92 Å². The lowest BCUT2D eigenvalue weighted by atomic mass is 10.2. The quantitative estimate of drug-likeness (QED) is 0.657. The number of nitrogens with one attached hydrogen (secondary N) is 1. The molecule has 120 valence electrons. The third-order valence-corrected chi connectivity index (χ3v) is 3.09. The molecule has 0 aliphatic heterocycles. The molecule has 2 aromatic rings. The summed E-state index contributed by atoms with van der Waals surface area (Å²) in [6, 6.07) is 14.3. The SMILES string of the molecule is CC(=O)Nc1cccc(C(=O)OCCOc2ccccc2C)c1. The van der Waals surface area contributed by atoms with Crippen molar-refractivity contribution < 1.29 is 19.1 Å². The number of carbonyl (C=O) groups excluding carboxylic acids is 2. The summed E-state index contributed by atoms with van der Waals surface area (Å²) in [7, 11) is 0. The molecule has 2 rings (SSSR count). The van der Waals surface area contributed by atoms with E-state index in [2.05, 4.69) is 5.32 Å². The predicted molar refractivity (Wildman–Crippen MR) is 87.7 cm³/mol. The number of hydrogen-bond donors (Lipinski definition) is 1. The van der Waals surface area contributed by atoms with Crippen molar-refractivity contribution in [2.45, 2.75) is 13.8 Å². The van der Waals surface area contributed by atoms with Gasteiger partial charge < -0.3 is 14.8 Å². The van der Waals surface area contributed by atoms with Crippen LogP contribution in [-0.4, -0.2) is 25.1 Å². The number of esters is 1. The van der Waals surface area contributed by atoms with Crippen molar-refractivity contribution in [1.82, 2.24) is 0 Å². The lowest BCUT2D eigenvalue weighted by Gasteiger charge is -2.10. The Morgan fingerprint density at radius 2 is 1.83 bits per heavy atom. The van der Waals surface area contributed by atoms with Crippen molar-refractivity contribution in [2.75, 3.05) is 18.5 Å². The van der Waals surface area contributed by atoms with Gasteiger partial charge in [-0.15, -0.1) is 0 Å². The minimum Gasteiger partial charge on any atom is -0.490 e. The van der Waals surface area contributed by atoms with Crippen LogP contribution in [0.25, 0.3) is 0 Å². The second-order valence-electron chi connectivity index (χ2n) is 5.01. The Hall–Kier alpha value is -2.82. The number of anilines is 1. The maximum absolute atomic E-state index is 12.0. The van der Waals surface area contributed by atoms with Crippen LogP contribution < -0.4 is 10.1 Å². The average Bonchev–Trinajstić information content (AvgIpc) is 2.52. The molecular weight excluding hydrogens is 294 g/mol. The van der Waals surface area contributed by atoms with E-state index in [0.29, 0.717) is 11.3 Å². The van der Waals surface area contributed by atoms with Gasteiger partial charge in [-0.2, -0.15) is 0 Å². The number of carbonyl (C=O) groups is 2. The van der Waals surface area contributed by atoms with Crippen LogP contribution in [0.15, 0.2) is 48.5 Å². The number of benzene rings is 2. The molecule has 0 saturated heterocycles. The standard InChI is InChI=1S/C18H19NO4/c1-13-6-3-4-9-17(13)22-10-11-23-18(21)15-7-5-8-16(12-15)19-14(2)20/h3-9,12H,10-11H2,1-2H3,(H,19,20). The molecule has 0 aromatic heterocycles. The van der Waals surface area contributed by atoms with Gasteiger partial charge in [-0.05, 0) is 36.8 Å². The average molecular weight is 313 g/mol. The molecule has 5 heteroatoms. The lowest BCUT2D eigenvalue weighted by molar-refractivity contribution is -0.114. The van der Waals surface area contributed by atoms with E-state index in [0.717, 1.165) is 11.3 Å². The summed E-state index contributed by atoms with van der Waals surface area (Å²) in [6.07, 6.45) is 0. The second kappa shape index (κ2) is 7.98. The molecular formula is C18H19NO4. The van der Waals surface area contributed by atoms with Gasteiger partial charge in [-0.1, -0.05) is 24.3 Å². The molecule has 0 atom stereocenters. The molecule has 0 heterocycles. The first-order valence-corrected chi connectivity index (χ1v) is 7.29. The summed E-state index contributed by atoms with van der Waals surface area (Å²) in [4.78, 5) is 23.0. The van der Waals surface area contributed by atoms with Gasteiger partial charge in [0.15, 0.2) is 0 Å². The van der Waals surface area contributed by atoms with Gasteiger partial charge in [0, 0.05) is 12.6 Å². The number of amides is 1. The Bertz CT molecular complexity index is 697. The smallest absolute Gasteiger partial charge is 0.338 e. The number of aryl methyl sites for hydroxylation is 1. The fourth-order valence-electron chi connectivity index (χ4n) is 2.01.